The third-order valence-corrected chi connectivity index (χ3v) is 4.11. The summed E-state index contributed by atoms with van der Waals surface area (Å²) in [4.78, 5) is 12.8. The molecule has 0 saturated heterocycles. The van der Waals surface area contributed by atoms with E-state index < -0.39 is 0 Å². The van der Waals surface area contributed by atoms with Crippen LogP contribution in [0.2, 0.25) is 0 Å². The van der Waals surface area contributed by atoms with E-state index in [9.17, 15) is 4.79 Å². The molecule has 1 heterocycles. The first-order valence-electron chi connectivity index (χ1n) is 8.24. The number of nitrogens with one attached hydrogen (secondary N) is 1. The minimum absolute atomic E-state index is 0.0338. The fraction of sp³-hybridized carbons (Fsp3) is 0.190. The maximum atomic E-state index is 12.8. The third kappa shape index (κ3) is 4.51. The maximum Gasteiger partial charge on any atom is 0.228 e. The van der Waals surface area contributed by atoms with Gasteiger partial charge < -0.3 is 14.5 Å². The number of rotatable bonds is 7. The zero-order valence-corrected chi connectivity index (χ0v) is 14.1. The molecule has 0 saturated carbocycles. The number of amides is 1. The normalized spacial score (nSPS) is 11.7. The van der Waals surface area contributed by atoms with Gasteiger partial charge in [0.25, 0.3) is 0 Å². The average molecular weight is 335 g/mol. The molecule has 1 aromatic heterocycles. The molecule has 1 atom stereocenters. The van der Waals surface area contributed by atoms with Crippen molar-refractivity contribution in [3.63, 3.8) is 0 Å². The molecule has 0 fully saturated rings. The summed E-state index contributed by atoms with van der Waals surface area (Å²) in [6, 6.07) is 21.3. The molecule has 128 valence electrons. The first kappa shape index (κ1) is 16.8. The van der Waals surface area contributed by atoms with Gasteiger partial charge in [0.15, 0.2) is 0 Å². The molecule has 0 aliphatic heterocycles. The standard InChI is InChI=1S/C21H21NO3/c1-24-18-10-5-9-17(14-18)20(13-16-7-3-2-4-8-16)21(23)22-15-19-11-6-12-25-19/h2-12,14,20H,13,15H2,1H3,(H,22,23). The van der Waals surface area contributed by atoms with E-state index in [-0.39, 0.29) is 11.8 Å². The van der Waals surface area contributed by atoms with Crippen molar-refractivity contribution in [2.24, 2.45) is 0 Å². The summed E-state index contributed by atoms with van der Waals surface area (Å²) in [6.45, 7) is 0.376. The lowest BCUT2D eigenvalue weighted by Gasteiger charge is -2.18. The lowest BCUT2D eigenvalue weighted by atomic mass is 9.91. The van der Waals surface area contributed by atoms with Crippen molar-refractivity contribution in [3.05, 3.63) is 89.9 Å². The molecule has 1 amide bonds. The lowest BCUT2D eigenvalue weighted by Crippen LogP contribution is -2.30. The van der Waals surface area contributed by atoms with E-state index in [2.05, 4.69) is 5.32 Å². The number of methoxy groups -OCH3 is 1. The summed E-state index contributed by atoms with van der Waals surface area (Å²) in [7, 11) is 1.63. The Balaban J connectivity index is 1.81. The van der Waals surface area contributed by atoms with Crippen molar-refractivity contribution in [2.45, 2.75) is 18.9 Å². The van der Waals surface area contributed by atoms with Crippen LogP contribution in [0.25, 0.3) is 0 Å². The molecule has 1 unspecified atom stereocenters. The molecule has 0 bridgehead atoms. The van der Waals surface area contributed by atoms with Gasteiger partial charge in [0.1, 0.15) is 11.5 Å². The predicted molar refractivity (Wildman–Crippen MR) is 96.4 cm³/mol. The molecule has 0 aliphatic carbocycles. The molecule has 25 heavy (non-hydrogen) atoms. The van der Waals surface area contributed by atoms with Crippen LogP contribution in [0.15, 0.2) is 77.4 Å². The van der Waals surface area contributed by atoms with Crippen LogP contribution in [0.5, 0.6) is 5.75 Å². The second-order valence-electron chi connectivity index (χ2n) is 5.82. The summed E-state index contributed by atoms with van der Waals surface area (Å²) < 4.78 is 10.6. The van der Waals surface area contributed by atoms with E-state index in [0.717, 1.165) is 22.6 Å². The Labute approximate surface area is 147 Å². The predicted octanol–water partition coefficient (Wildman–Crippen LogP) is 3.93. The third-order valence-electron chi connectivity index (χ3n) is 4.11. The Morgan fingerprint density at radius 2 is 1.92 bits per heavy atom. The summed E-state index contributed by atoms with van der Waals surface area (Å²) in [5, 5.41) is 2.97. The van der Waals surface area contributed by atoms with Gasteiger partial charge >= 0.3 is 0 Å². The van der Waals surface area contributed by atoms with Gasteiger partial charge in [-0.1, -0.05) is 42.5 Å². The molecule has 0 radical (unpaired) electrons. The monoisotopic (exact) mass is 335 g/mol. The first-order chi connectivity index (χ1) is 12.3. The number of hydrogen-bond acceptors (Lipinski definition) is 3. The Hall–Kier alpha value is -3.01. The van der Waals surface area contributed by atoms with Gasteiger partial charge in [0, 0.05) is 0 Å². The number of benzene rings is 2. The van der Waals surface area contributed by atoms with E-state index in [4.69, 9.17) is 9.15 Å². The Kier molecular flexibility index (Phi) is 5.52. The number of furan rings is 1. The van der Waals surface area contributed by atoms with Crippen molar-refractivity contribution in [2.75, 3.05) is 7.11 Å². The molecule has 3 aromatic rings. The van der Waals surface area contributed by atoms with Crippen LogP contribution in [0.4, 0.5) is 0 Å². The zero-order chi connectivity index (χ0) is 17.5. The largest absolute Gasteiger partial charge is 0.497 e. The molecule has 4 nitrogen and oxygen atoms in total. The van der Waals surface area contributed by atoms with Crippen molar-refractivity contribution in [1.82, 2.24) is 5.32 Å². The maximum absolute atomic E-state index is 12.8. The molecule has 4 heteroatoms. The van der Waals surface area contributed by atoms with E-state index in [1.54, 1.807) is 13.4 Å². The van der Waals surface area contributed by atoms with Crippen molar-refractivity contribution in [3.8, 4) is 5.75 Å². The van der Waals surface area contributed by atoms with Gasteiger partial charge in [-0.15, -0.1) is 0 Å². The topological polar surface area (TPSA) is 51.5 Å². The quantitative estimate of drug-likeness (QED) is 0.712. The van der Waals surface area contributed by atoms with Crippen LogP contribution in [0, 0.1) is 0 Å². The van der Waals surface area contributed by atoms with E-state index in [1.807, 2.05) is 66.7 Å². The fourth-order valence-corrected chi connectivity index (χ4v) is 2.78. The second-order valence-corrected chi connectivity index (χ2v) is 5.82. The van der Waals surface area contributed by atoms with Crippen LogP contribution in [-0.2, 0) is 17.8 Å². The molecule has 0 aliphatic rings. The van der Waals surface area contributed by atoms with Crippen LogP contribution in [0.3, 0.4) is 0 Å². The van der Waals surface area contributed by atoms with Crippen LogP contribution in [0.1, 0.15) is 22.8 Å². The smallest absolute Gasteiger partial charge is 0.228 e. The highest BCUT2D eigenvalue weighted by molar-refractivity contribution is 5.84. The summed E-state index contributed by atoms with van der Waals surface area (Å²) in [5.74, 6) is 1.15. The molecule has 0 spiro atoms. The number of ether oxygens (including phenoxy) is 1. The molecule has 2 aromatic carbocycles. The summed E-state index contributed by atoms with van der Waals surface area (Å²) >= 11 is 0. The van der Waals surface area contributed by atoms with Crippen LogP contribution < -0.4 is 10.1 Å². The Morgan fingerprint density at radius 3 is 2.64 bits per heavy atom. The first-order valence-corrected chi connectivity index (χ1v) is 8.24. The van der Waals surface area contributed by atoms with Crippen molar-refractivity contribution in [1.29, 1.82) is 0 Å². The molecular formula is C21H21NO3. The highest BCUT2D eigenvalue weighted by atomic mass is 16.5. The lowest BCUT2D eigenvalue weighted by molar-refractivity contribution is -0.122. The SMILES string of the molecule is COc1cccc(C(Cc2ccccc2)C(=O)NCc2ccco2)c1. The summed E-state index contributed by atoms with van der Waals surface area (Å²) in [6.07, 6.45) is 2.23. The van der Waals surface area contributed by atoms with Gasteiger partial charge in [-0.3, -0.25) is 4.79 Å². The fourth-order valence-electron chi connectivity index (χ4n) is 2.78. The minimum atomic E-state index is -0.299. The zero-order valence-electron chi connectivity index (χ0n) is 14.1. The Bertz CT molecular complexity index is 797. The van der Waals surface area contributed by atoms with Crippen LogP contribution >= 0.6 is 0 Å². The van der Waals surface area contributed by atoms with E-state index in [1.165, 1.54) is 0 Å². The summed E-state index contributed by atoms with van der Waals surface area (Å²) in [5.41, 5.74) is 2.05. The number of carbonyl (C=O) groups excluding carboxylic acids is 1. The van der Waals surface area contributed by atoms with Crippen molar-refractivity contribution < 1.29 is 13.9 Å². The van der Waals surface area contributed by atoms with Gasteiger partial charge in [0.2, 0.25) is 5.91 Å². The highest BCUT2D eigenvalue weighted by Gasteiger charge is 2.21. The van der Waals surface area contributed by atoms with Gasteiger partial charge in [-0.25, -0.2) is 0 Å². The van der Waals surface area contributed by atoms with Gasteiger partial charge in [-0.2, -0.15) is 0 Å². The molecule has 3 rings (SSSR count). The van der Waals surface area contributed by atoms with Gasteiger partial charge in [-0.05, 0) is 41.8 Å². The molecule has 1 N–H and O–H groups in total. The average Bonchev–Trinajstić information content (AvgIpc) is 3.18. The van der Waals surface area contributed by atoms with Gasteiger partial charge in [0.05, 0.1) is 25.8 Å². The Morgan fingerprint density at radius 1 is 1.08 bits per heavy atom. The minimum Gasteiger partial charge on any atom is -0.497 e. The van der Waals surface area contributed by atoms with E-state index >= 15 is 0 Å². The van der Waals surface area contributed by atoms with Crippen molar-refractivity contribution >= 4 is 5.91 Å². The number of carbonyl (C=O) groups is 1. The number of hydrogen-bond donors (Lipinski definition) is 1. The molecular weight excluding hydrogens is 314 g/mol. The van der Waals surface area contributed by atoms with E-state index in [0.29, 0.717) is 13.0 Å². The highest BCUT2D eigenvalue weighted by Crippen LogP contribution is 2.25. The van der Waals surface area contributed by atoms with Crippen LogP contribution in [-0.4, -0.2) is 13.0 Å². The second kappa shape index (κ2) is 8.20.